The summed E-state index contributed by atoms with van der Waals surface area (Å²) >= 11 is 0. The molecule has 3 N–H and O–H groups in total. The molecule has 0 aliphatic rings. The average molecular weight is 330 g/mol. The van der Waals surface area contributed by atoms with Crippen LogP contribution in [0.5, 0.6) is 0 Å². The van der Waals surface area contributed by atoms with E-state index in [4.69, 9.17) is 5.73 Å². The molecule has 0 bridgehead atoms. The maximum Gasteiger partial charge on any atom is 0.292 e. The molecule has 2 aromatic rings. The minimum atomic E-state index is -0.602. The third-order valence-electron chi connectivity index (χ3n) is 3.30. The number of nitrogens with zero attached hydrogens (tertiary/aromatic N) is 2. The van der Waals surface area contributed by atoms with E-state index in [0.717, 1.165) is 5.56 Å². The van der Waals surface area contributed by atoms with Crippen molar-refractivity contribution in [2.75, 3.05) is 11.1 Å². The molecule has 0 spiro atoms. The Morgan fingerprint density at radius 1 is 1.04 bits per heavy atom. The van der Waals surface area contributed by atoms with E-state index in [2.05, 4.69) is 5.32 Å². The van der Waals surface area contributed by atoms with E-state index >= 15 is 0 Å². The summed E-state index contributed by atoms with van der Waals surface area (Å²) in [4.78, 5) is 32.0. The fourth-order valence-corrected chi connectivity index (χ4v) is 2.06. The number of aryl methyl sites for hydroxylation is 1. The van der Waals surface area contributed by atoms with Crippen molar-refractivity contribution in [2.24, 2.45) is 0 Å². The van der Waals surface area contributed by atoms with E-state index in [1.165, 1.54) is 30.3 Å². The third-order valence-corrected chi connectivity index (χ3v) is 3.30. The topological polar surface area (TPSA) is 141 Å². The van der Waals surface area contributed by atoms with Crippen molar-refractivity contribution in [1.82, 2.24) is 0 Å². The normalized spacial score (nSPS) is 10.2. The van der Waals surface area contributed by atoms with Crippen LogP contribution in [-0.2, 0) is 11.2 Å². The number of nitrogens with one attached hydrogen (secondary N) is 1. The molecule has 9 nitrogen and oxygen atoms in total. The zero-order valence-electron chi connectivity index (χ0n) is 12.5. The van der Waals surface area contributed by atoms with Gasteiger partial charge in [-0.15, -0.1) is 0 Å². The number of anilines is 2. The lowest BCUT2D eigenvalue weighted by Crippen LogP contribution is -2.12. The summed E-state index contributed by atoms with van der Waals surface area (Å²) in [6, 6.07) is 9.89. The molecule has 0 saturated carbocycles. The number of carbonyl (C=O) groups is 1. The van der Waals surface area contributed by atoms with Crippen LogP contribution in [0.4, 0.5) is 22.7 Å². The number of hydrogen-bond acceptors (Lipinski definition) is 6. The second-order valence-corrected chi connectivity index (χ2v) is 5.00. The highest BCUT2D eigenvalue weighted by atomic mass is 16.6. The lowest BCUT2D eigenvalue weighted by atomic mass is 10.1. The molecule has 0 aliphatic heterocycles. The molecular weight excluding hydrogens is 316 g/mol. The van der Waals surface area contributed by atoms with Crippen molar-refractivity contribution in [1.29, 1.82) is 0 Å². The van der Waals surface area contributed by atoms with Crippen LogP contribution >= 0.6 is 0 Å². The number of nitrogens with two attached hydrogens (primary N) is 1. The number of nitro groups is 2. The molecule has 0 fully saturated rings. The van der Waals surface area contributed by atoms with Crippen molar-refractivity contribution < 1.29 is 14.6 Å². The van der Waals surface area contributed by atoms with Crippen LogP contribution in [0.15, 0.2) is 42.5 Å². The van der Waals surface area contributed by atoms with Gasteiger partial charge in [0.1, 0.15) is 5.69 Å². The highest BCUT2D eigenvalue weighted by Gasteiger charge is 2.12. The minimum absolute atomic E-state index is 0.00967. The largest absolute Gasteiger partial charge is 0.393 e. The first-order valence-corrected chi connectivity index (χ1v) is 6.94. The van der Waals surface area contributed by atoms with Gasteiger partial charge in [0.05, 0.1) is 9.85 Å². The van der Waals surface area contributed by atoms with Gasteiger partial charge < -0.3 is 11.1 Å². The number of benzene rings is 2. The molecule has 0 heterocycles. The molecule has 124 valence electrons. The lowest BCUT2D eigenvalue weighted by Gasteiger charge is -2.06. The fraction of sp³-hybridized carbons (Fsp3) is 0.133. The number of non-ortho nitro benzene ring substituents is 1. The Labute approximate surface area is 136 Å². The Hall–Kier alpha value is -3.49. The summed E-state index contributed by atoms with van der Waals surface area (Å²) in [5, 5.41) is 23.8. The summed E-state index contributed by atoms with van der Waals surface area (Å²) in [5.41, 5.74) is 6.44. The van der Waals surface area contributed by atoms with Gasteiger partial charge in [-0.25, -0.2) is 0 Å². The van der Waals surface area contributed by atoms with Crippen LogP contribution in [0.3, 0.4) is 0 Å². The van der Waals surface area contributed by atoms with Gasteiger partial charge in [-0.2, -0.15) is 0 Å². The van der Waals surface area contributed by atoms with Crippen LogP contribution < -0.4 is 11.1 Å². The Morgan fingerprint density at radius 3 is 2.25 bits per heavy atom. The van der Waals surface area contributed by atoms with E-state index in [1.54, 1.807) is 12.1 Å². The van der Waals surface area contributed by atoms with Crippen LogP contribution in [0.2, 0.25) is 0 Å². The molecular formula is C15H14N4O5. The molecule has 2 aromatic carbocycles. The smallest absolute Gasteiger partial charge is 0.292 e. The highest BCUT2D eigenvalue weighted by molar-refractivity contribution is 5.91. The third kappa shape index (κ3) is 4.26. The molecule has 0 aromatic heterocycles. The molecule has 9 heteroatoms. The Balaban J connectivity index is 1.92. The van der Waals surface area contributed by atoms with Crippen LogP contribution in [0, 0.1) is 20.2 Å². The predicted octanol–water partition coefficient (Wildman–Crippen LogP) is 2.66. The van der Waals surface area contributed by atoms with E-state index in [9.17, 15) is 25.0 Å². The highest BCUT2D eigenvalue weighted by Crippen LogP contribution is 2.24. The van der Waals surface area contributed by atoms with Gasteiger partial charge >= 0.3 is 0 Å². The SMILES string of the molecule is Nc1cc(NC(=O)CCc2ccc([N+](=O)[O-])cc2)ccc1[N+](=O)[O-]. The Bertz CT molecular complexity index is 789. The number of carbonyl (C=O) groups excluding carboxylic acids is 1. The van der Waals surface area contributed by atoms with Crippen LogP contribution in [0.25, 0.3) is 0 Å². The summed E-state index contributed by atoms with van der Waals surface area (Å²) in [7, 11) is 0. The van der Waals surface area contributed by atoms with Gasteiger partial charge in [-0.05, 0) is 24.1 Å². The molecule has 24 heavy (non-hydrogen) atoms. The fourth-order valence-electron chi connectivity index (χ4n) is 2.06. The van der Waals surface area contributed by atoms with Crippen molar-refractivity contribution in [2.45, 2.75) is 12.8 Å². The molecule has 0 atom stereocenters. The van der Waals surface area contributed by atoms with Crippen molar-refractivity contribution >= 4 is 28.7 Å². The summed E-state index contributed by atoms with van der Waals surface area (Å²) < 4.78 is 0. The van der Waals surface area contributed by atoms with Gasteiger partial charge in [0.25, 0.3) is 11.4 Å². The van der Waals surface area contributed by atoms with Gasteiger partial charge in [0, 0.05) is 30.3 Å². The van der Waals surface area contributed by atoms with E-state index in [0.29, 0.717) is 12.1 Å². The molecule has 0 unspecified atom stereocenters. The molecule has 2 rings (SSSR count). The predicted molar refractivity (Wildman–Crippen MR) is 87.6 cm³/mol. The lowest BCUT2D eigenvalue weighted by molar-refractivity contribution is -0.384. The second-order valence-electron chi connectivity index (χ2n) is 5.00. The summed E-state index contributed by atoms with van der Waals surface area (Å²) in [6.07, 6.45) is 0.570. The first-order valence-electron chi connectivity index (χ1n) is 6.94. The second kappa shape index (κ2) is 7.18. The standard InChI is InChI=1S/C15H14N4O5/c16-13-9-11(4-7-14(13)19(23)24)17-15(20)8-3-10-1-5-12(6-2-10)18(21)22/h1-2,4-7,9H,3,8,16H2,(H,17,20). The van der Waals surface area contributed by atoms with E-state index in [-0.39, 0.29) is 29.4 Å². The van der Waals surface area contributed by atoms with E-state index in [1.807, 2.05) is 0 Å². The maximum absolute atomic E-state index is 11.9. The average Bonchev–Trinajstić information content (AvgIpc) is 2.53. The number of rotatable bonds is 6. The number of nitro benzene ring substituents is 2. The van der Waals surface area contributed by atoms with Gasteiger partial charge in [0.2, 0.25) is 5.91 Å². The van der Waals surface area contributed by atoms with Crippen LogP contribution in [-0.4, -0.2) is 15.8 Å². The quantitative estimate of drug-likeness (QED) is 0.473. The van der Waals surface area contributed by atoms with Gasteiger partial charge in [0.15, 0.2) is 0 Å². The zero-order chi connectivity index (χ0) is 17.7. The van der Waals surface area contributed by atoms with Crippen molar-refractivity contribution in [3.05, 3.63) is 68.3 Å². The Kier molecular flexibility index (Phi) is 5.05. The van der Waals surface area contributed by atoms with Gasteiger partial charge in [-0.3, -0.25) is 25.0 Å². The van der Waals surface area contributed by atoms with Gasteiger partial charge in [-0.1, -0.05) is 12.1 Å². The van der Waals surface area contributed by atoms with E-state index < -0.39 is 9.85 Å². The molecule has 0 aliphatic carbocycles. The molecule has 0 radical (unpaired) electrons. The zero-order valence-corrected chi connectivity index (χ0v) is 12.5. The van der Waals surface area contributed by atoms with Crippen LogP contribution in [0.1, 0.15) is 12.0 Å². The minimum Gasteiger partial charge on any atom is -0.393 e. The number of hydrogen-bond donors (Lipinski definition) is 2. The summed E-state index contributed by atoms with van der Waals surface area (Å²) in [6.45, 7) is 0. The first-order chi connectivity index (χ1) is 11.4. The van der Waals surface area contributed by atoms with Crippen molar-refractivity contribution in [3.8, 4) is 0 Å². The number of amides is 1. The molecule has 1 amide bonds. The summed E-state index contributed by atoms with van der Waals surface area (Å²) in [5.74, 6) is -0.290. The molecule has 0 saturated heterocycles. The number of nitrogen functional groups attached to an aromatic ring is 1. The van der Waals surface area contributed by atoms with Crippen molar-refractivity contribution in [3.63, 3.8) is 0 Å². The maximum atomic E-state index is 11.9. The first kappa shape index (κ1) is 16.9. The monoisotopic (exact) mass is 330 g/mol. The Morgan fingerprint density at radius 2 is 1.71 bits per heavy atom.